The zero-order valence-electron chi connectivity index (χ0n) is 7.73. The fraction of sp³-hybridized carbons (Fsp3) is 0.375. The predicted octanol–water partition coefficient (Wildman–Crippen LogP) is 2.68. The molecule has 15 heavy (non-hydrogen) atoms. The molecule has 0 amide bonds. The Bertz CT molecular complexity index is 368. The summed E-state index contributed by atoms with van der Waals surface area (Å²) in [5.74, 6) is -0.112. The average Bonchev–Trinajstić information content (AvgIpc) is 2.12. The van der Waals surface area contributed by atoms with Gasteiger partial charge in [-0.1, -0.05) is 0 Å². The third-order valence-electron chi connectivity index (χ3n) is 1.64. The van der Waals surface area contributed by atoms with Gasteiger partial charge in [-0.15, -0.1) is 0 Å². The summed E-state index contributed by atoms with van der Waals surface area (Å²) in [5, 5.41) is 0. The van der Waals surface area contributed by atoms with Gasteiger partial charge < -0.3 is 10.5 Å². The quantitative estimate of drug-likeness (QED) is 0.908. The highest BCUT2D eigenvalue weighted by Crippen LogP contribution is 2.30. The molecule has 0 atom stereocenters. The Labute approximate surface area is 92.6 Å². The number of hydrogen-bond acceptors (Lipinski definition) is 3. The van der Waals surface area contributed by atoms with Crippen LogP contribution in [0.25, 0.3) is 0 Å². The first-order chi connectivity index (χ1) is 6.81. The summed E-state index contributed by atoms with van der Waals surface area (Å²) in [6, 6.07) is 0. The molecule has 84 valence electrons. The second-order valence-corrected chi connectivity index (χ2v) is 3.65. The zero-order valence-corrected chi connectivity index (χ0v) is 9.32. The fourth-order valence-electron chi connectivity index (χ4n) is 0.820. The van der Waals surface area contributed by atoms with Gasteiger partial charge in [0.05, 0.1) is 16.4 Å². The van der Waals surface area contributed by atoms with Gasteiger partial charge in [0, 0.05) is 0 Å². The lowest BCUT2D eigenvalue weighted by molar-refractivity contribution is -0.154. The summed E-state index contributed by atoms with van der Waals surface area (Å²) in [7, 11) is 0. The molecule has 0 fully saturated rings. The molecule has 0 aliphatic carbocycles. The summed E-state index contributed by atoms with van der Waals surface area (Å²) in [5.41, 5.74) is 6.49. The minimum absolute atomic E-state index is 0.112. The summed E-state index contributed by atoms with van der Waals surface area (Å²) in [6.07, 6.45) is -3.12. The van der Waals surface area contributed by atoms with Crippen molar-refractivity contribution in [3.63, 3.8) is 0 Å². The zero-order chi connectivity index (χ0) is 11.6. The standard InChI is InChI=1S/C8H8BrF3N2O/c1-4-5(13)2-14-7(6(4)9)15-3-8(10,11)12/h2H,3,13H2,1H3. The first-order valence-electron chi connectivity index (χ1n) is 3.91. The van der Waals surface area contributed by atoms with Crippen molar-refractivity contribution in [3.8, 4) is 5.88 Å². The highest BCUT2D eigenvalue weighted by Gasteiger charge is 2.29. The van der Waals surface area contributed by atoms with Gasteiger partial charge in [0.15, 0.2) is 6.61 Å². The lowest BCUT2D eigenvalue weighted by Crippen LogP contribution is -2.20. The van der Waals surface area contributed by atoms with E-state index in [1.807, 2.05) is 0 Å². The van der Waals surface area contributed by atoms with E-state index in [1.165, 1.54) is 6.20 Å². The minimum atomic E-state index is -4.38. The number of aromatic nitrogens is 1. The van der Waals surface area contributed by atoms with E-state index in [-0.39, 0.29) is 5.88 Å². The highest BCUT2D eigenvalue weighted by molar-refractivity contribution is 9.10. The highest BCUT2D eigenvalue weighted by atomic mass is 79.9. The van der Waals surface area contributed by atoms with Crippen molar-refractivity contribution in [1.82, 2.24) is 4.98 Å². The van der Waals surface area contributed by atoms with Gasteiger partial charge in [0.1, 0.15) is 0 Å². The van der Waals surface area contributed by atoms with Gasteiger partial charge >= 0.3 is 6.18 Å². The van der Waals surface area contributed by atoms with Crippen LogP contribution in [0.4, 0.5) is 18.9 Å². The molecule has 1 heterocycles. The normalized spacial score (nSPS) is 11.5. The molecule has 0 aliphatic rings. The van der Waals surface area contributed by atoms with Crippen LogP contribution < -0.4 is 10.5 Å². The third kappa shape index (κ3) is 3.26. The number of alkyl halides is 3. The van der Waals surface area contributed by atoms with E-state index in [0.29, 0.717) is 15.7 Å². The molecule has 0 saturated carbocycles. The lowest BCUT2D eigenvalue weighted by atomic mass is 10.2. The largest absolute Gasteiger partial charge is 0.467 e. The Balaban J connectivity index is 2.83. The van der Waals surface area contributed by atoms with E-state index in [4.69, 9.17) is 5.73 Å². The van der Waals surface area contributed by atoms with Gasteiger partial charge in [-0.2, -0.15) is 13.2 Å². The molecule has 0 unspecified atom stereocenters. The van der Waals surface area contributed by atoms with Gasteiger partial charge in [-0.3, -0.25) is 0 Å². The van der Waals surface area contributed by atoms with E-state index in [2.05, 4.69) is 25.7 Å². The van der Waals surface area contributed by atoms with Crippen molar-refractivity contribution in [2.75, 3.05) is 12.3 Å². The Kier molecular flexibility index (Phi) is 3.43. The van der Waals surface area contributed by atoms with Crippen LogP contribution in [0.15, 0.2) is 10.7 Å². The molecule has 7 heteroatoms. The summed E-state index contributed by atoms with van der Waals surface area (Å²) in [6.45, 7) is 0.281. The number of halogens is 4. The average molecular weight is 285 g/mol. The van der Waals surface area contributed by atoms with E-state index in [9.17, 15) is 13.2 Å². The maximum absolute atomic E-state index is 11.9. The molecule has 0 aromatic carbocycles. The van der Waals surface area contributed by atoms with E-state index >= 15 is 0 Å². The molecule has 0 saturated heterocycles. The van der Waals surface area contributed by atoms with Crippen molar-refractivity contribution in [2.24, 2.45) is 0 Å². The van der Waals surface area contributed by atoms with Gasteiger partial charge in [-0.25, -0.2) is 4.98 Å². The van der Waals surface area contributed by atoms with Crippen molar-refractivity contribution < 1.29 is 17.9 Å². The Morgan fingerprint density at radius 2 is 2.13 bits per heavy atom. The number of anilines is 1. The monoisotopic (exact) mass is 284 g/mol. The molecule has 1 rings (SSSR count). The first kappa shape index (κ1) is 12.1. The number of nitrogen functional groups attached to an aromatic ring is 1. The summed E-state index contributed by atoms with van der Waals surface area (Å²) in [4.78, 5) is 3.65. The summed E-state index contributed by atoms with van der Waals surface area (Å²) >= 11 is 3.06. The van der Waals surface area contributed by atoms with Gasteiger partial charge in [0.2, 0.25) is 5.88 Å². The van der Waals surface area contributed by atoms with Crippen molar-refractivity contribution in [3.05, 3.63) is 16.2 Å². The van der Waals surface area contributed by atoms with Crippen LogP contribution in [0, 0.1) is 6.92 Å². The second kappa shape index (κ2) is 4.26. The van der Waals surface area contributed by atoms with Crippen LogP contribution in [-0.4, -0.2) is 17.8 Å². The number of rotatable bonds is 2. The lowest BCUT2D eigenvalue weighted by Gasteiger charge is -2.11. The van der Waals surface area contributed by atoms with Gasteiger partial charge in [-0.05, 0) is 28.4 Å². The number of pyridine rings is 1. The Morgan fingerprint density at radius 3 is 2.67 bits per heavy atom. The third-order valence-corrected chi connectivity index (χ3v) is 2.58. The van der Waals surface area contributed by atoms with Crippen LogP contribution >= 0.6 is 15.9 Å². The van der Waals surface area contributed by atoms with Gasteiger partial charge in [0.25, 0.3) is 0 Å². The van der Waals surface area contributed by atoms with Crippen LogP contribution in [0.1, 0.15) is 5.56 Å². The molecule has 1 aromatic heterocycles. The van der Waals surface area contributed by atoms with E-state index in [0.717, 1.165) is 0 Å². The van der Waals surface area contributed by atoms with Crippen molar-refractivity contribution in [2.45, 2.75) is 13.1 Å². The van der Waals surface area contributed by atoms with Crippen molar-refractivity contribution in [1.29, 1.82) is 0 Å². The van der Waals surface area contributed by atoms with E-state index in [1.54, 1.807) is 6.92 Å². The van der Waals surface area contributed by atoms with Crippen LogP contribution in [0.2, 0.25) is 0 Å². The molecule has 3 nitrogen and oxygen atoms in total. The number of nitrogens with zero attached hydrogens (tertiary/aromatic N) is 1. The topological polar surface area (TPSA) is 48.1 Å². The van der Waals surface area contributed by atoms with Crippen molar-refractivity contribution >= 4 is 21.6 Å². The number of ether oxygens (including phenoxy) is 1. The second-order valence-electron chi connectivity index (χ2n) is 2.86. The maximum atomic E-state index is 11.9. The number of hydrogen-bond donors (Lipinski definition) is 1. The molecule has 1 aromatic rings. The van der Waals surface area contributed by atoms with Crippen LogP contribution in [0.3, 0.4) is 0 Å². The molecular formula is C8H8BrF3N2O. The smallest absolute Gasteiger partial charge is 0.422 e. The molecule has 0 spiro atoms. The predicted molar refractivity (Wildman–Crippen MR) is 52.6 cm³/mol. The fourth-order valence-corrected chi connectivity index (χ4v) is 1.27. The summed E-state index contributed by atoms with van der Waals surface area (Å²) < 4.78 is 40.4. The molecule has 0 bridgehead atoms. The molecule has 2 N–H and O–H groups in total. The molecular weight excluding hydrogens is 277 g/mol. The van der Waals surface area contributed by atoms with Crippen LogP contribution in [0.5, 0.6) is 5.88 Å². The Hall–Kier alpha value is -0.980. The first-order valence-corrected chi connectivity index (χ1v) is 4.70. The maximum Gasteiger partial charge on any atom is 0.422 e. The van der Waals surface area contributed by atoms with Crippen LogP contribution in [-0.2, 0) is 0 Å². The SMILES string of the molecule is Cc1c(N)cnc(OCC(F)(F)F)c1Br. The minimum Gasteiger partial charge on any atom is -0.467 e. The number of nitrogens with two attached hydrogens (primary N) is 1. The Morgan fingerprint density at radius 1 is 1.53 bits per heavy atom. The van der Waals surface area contributed by atoms with E-state index < -0.39 is 12.8 Å². The molecule has 0 radical (unpaired) electrons. The molecule has 0 aliphatic heterocycles.